The molecule has 7 nitrogen and oxygen atoms in total. The molecule has 2 heterocycles. The van der Waals surface area contributed by atoms with E-state index in [-0.39, 0.29) is 5.28 Å². The van der Waals surface area contributed by atoms with Crippen LogP contribution in [-0.4, -0.2) is 40.5 Å². The number of nitrogens with zero attached hydrogens (tertiary/aromatic N) is 4. The average molecular weight is 455 g/mol. The third-order valence-corrected chi connectivity index (χ3v) is 4.73. The largest absolute Gasteiger partial charge is 0.496 e. The Morgan fingerprint density at radius 2 is 1.89 bits per heavy atom. The lowest BCUT2D eigenvalue weighted by atomic mass is 10.1. The number of hydrogen-bond donors (Lipinski definition) is 1. The van der Waals surface area contributed by atoms with Crippen LogP contribution in [0.25, 0.3) is 11.0 Å². The maximum absolute atomic E-state index is 6.07. The standard InChI is InChI=1S/C18H21BrClN5O2/c1-4-5-6-21-17-16-13(22-18(20)23-17)10-25(24-16)9-12-14(26-2)7-11(19)8-15(12)27-3/h7-8,10H,4-6,9H2,1-3H3,(H,21,22,23). The molecule has 1 N–H and O–H groups in total. The van der Waals surface area contributed by atoms with Crippen LogP contribution in [0.2, 0.25) is 5.28 Å². The van der Waals surface area contributed by atoms with Crippen LogP contribution in [0.3, 0.4) is 0 Å². The fourth-order valence-electron chi connectivity index (χ4n) is 2.79. The number of nitrogens with one attached hydrogen (secondary N) is 1. The maximum atomic E-state index is 6.07. The maximum Gasteiger partial charge on any atom is 0.225 e. The van der Waals surface area contributed by atoms with Crippen molar-refractivity contribution >= 4 is 44.4 Å². The zero-order valence-corrected chi connectivity index (χ0v) is 17.8. The molecule has 144 valence electrons. The van der Waals surface area contributed by atoms with Gasteiger partial charge in [-0.1, -0.05) is 29.3 Å². The van der Waals surface area contributed by atoms with E-state index in [1.165, 1.54) is 0 Å². The minimum atomic E-state index is 0.194. The number of fused-ring (bicyclic) bond motifs is 1. The summed E-state index contributed by atoms with van der Waals surface area (Å²) in [5.41, 5.74) is 2.25. The summed E-state index contributed by atoms with van der Waals surface area (Å²) in [6.07, 6.45) is 3.97. The Morgan fingerprint density at radius 3 is 2.52 bits per heavy atom. The van der Waals surface area contributed by atoms with Crippen LogP contribution in [-0.2, 0) is 6.54 Å². The van der Waals surface area contributed by atoms with Gasteiger partial charge in [0.1, 0.15) is 17.0 Å². The minimum absolute atomic E-state index is 0.194. The Kier molecular flexibility index (Phi) is 6.38. The molecule has 0 fully saturated rings. The van der Waals surface area contributed by atoms with Crippen molar-refractivity contribution in [2.24, 2.45) is 0 Å². The molecule has 0 saturated heterocycles. The van der Waals surface area contributed by atoms with Crippen LogP contribution in [0.5, 0.6) is 11.5 Å². The van der Waals surface area contributed by atoms with Crippen LogP contribution in [0.15, 0.2) is 22.8 Å². The second-order valence-electron chi connectivity index (χ2n) is 5.97. The summed E-state index contributed by atoms with van der Waals surface area (Å²) in [5, 5.41) is 8.14. The third kappa shape index (κ3) is 4.44. The molecule has 3 aromatic rings. The van der Waals surface area contributed by atoms with Gasteiger partial charge in [-0.15, -0.1) is 0 Å². The van der Waals surface area contributed by atoms with Crippen molar-refractivity contribution in [1.82, 2.24) is 19.7 Å². The van der Waals surface area contributed by atoms with Gasteiger partial charge < -0.3 is 14.8 Å². The second kappa shape index (κ2) is 8.75. The van der Waals surface area contributed by atoms with Gasteiger partial charge in [0.25, 0.3) is 0 Å². The predicted molar refractivity (Wildman–Crippen MR) is 110 cm³/mol. The molecular formula is C18H21BrClN5O2. The van der Waals surface area contributed by atoms with E-state index in [0.29, 0.717) is 34.9 Å². The van der Waals surface area contributed by atoms with E-state index in [1.807, 2.05) is 18.3 Å². The number of methoxy groups -OCH3 is 2. The normalized spacial score (nSPS) is 11.0. The highest BCUT2D eigenvalue weighted by molar-refractivity contribution is 9.10. The van der Waals surface area contributed by atoms with Gasteiger partial charge in [-0.05, 0) is 30.2 Å². The van der Waals surface area contributed by atoms with E-state index in [9.17, 15) is 0 Å². The summed E-state index contributed by atoms with van der Waals surface area (Å²) in [6.45, 7) is 3.40. The molecule has 0 amide bonds. The number of hydrogen-bond acceptors (Lipinski definition) is 6. The van der Waals surface area contributed by atoms with E-state index in [2.05, 4.69) is 43.2 Å². The number of rotatable bonds is 8. The van der Waals surface area contributed by atoms with E-state index in [4.69, 9.17) is 21.1 Å². The zero-order chi connectivity index (χ0) is 19.4. The van der Waals surface area contributed by atoms with Crippen LogP contribution < -0.4 is 14.8 Å². The Balaban J connectivity index is 1.98. The van der Waals surface area contributed by atoms with Gasteiger partial charge in [0.15, 0.2) is 11.3 Å². The first kappa shape index (κ1) is 19.7. The van der Waals surface area contributed by atoms with E-state index < -0.39 is 0 Å². The minimum Gasteiger partial charge on any atom is -0.496 e. The van der Waals surface area contributed by atoms with Gasteiger partial charge in [0.05, 0.1) is 32.5 Å². The molecule has 0 aliphatic rings. The summed E-state index contributed by atoms with van der Waals surface area (Å²) in [4.78, 5) is 8.57. The van der Waals surface area contributed by atoms with Crippen molar-refractivity contribution in [3.05, 3.63) is 33.6 Å². The molecule has 0 spiro atoms. The molecule has 27 heavy (non-hydrogen) atoms. The lowest BCUT2D eigenvalue weighted by Crippen LogP contribution is -2.06. The van der Waals surface area contributed by atoms with Gasteiger partial charge in [-0.3, -0.25) is 4.68 Å². The number of ether oxygens (including phenoxy) is 2. The predicted octanol–water partition coefficient (Wildman–Crippen LogP) is 4.52. The highest BCUT2D eigenvalue weighted by Gasteiger charge is 2.16. The Labute approximate surface area is 171 Å². The molecule has 0 aliphatic carbocycles. The lowest BCUT2D eigenvalue weighted by Gasteiger charge is -2.14. The summed E-state index contributed by atoms with van der Waals surface area (Å²) in [7, 11) is 3.26. The summed E-state index contributed by atoms with van der Waals surface area (Å²) in [5.74, 6) is 2.07. The average Bonchev–Trinajstić information content (AvgIpc) is 3.05. The molecule has 2 aromatic heterocycles. The summed E-state index contributed by atoms with van der Waals surface area (Å²) in [6, 6.07) is 3.80. The molecule has 0 saturated carbocycles. The quantitative estimate of drug-likeness (QED) is 0.398. The smallest absolute Gasteiger partial charge is 0.225 e. The molecule has 1 aromatic carbocycles. The van der Waals surface area contributed by atoms with Crippen molar-refractivity contribution in [3.63, 3.8) is 0 Å². The van der Waals surface area contributed by atoms with Crippen molar-refractivity contribution < 1.29 is 9.47 Å². The Hall–Kier alpha value is -2.06. The first-order valence-corrected chi connectivity index (χ1v) is 9.77. The van der Waals surface area contributed by atoms with Gasteiger partial charge in [-0.2, -0.15) is 10.1 Å². The van der Waals surface area contributed by atoms with Gasteiger partial charge in [0, 0.05) is 11.0 Å². The van der Waals surface area contributed by atoms with Crippen molar-refractivity contribution in [3.8, 4) is 11.5 Å². The van der Waals surface area contributed by atoms with E-state index in [1.54, 1.807) is 18.9 Å². The molecule has 3 rings (SSSR count). The SMILES string of the molecule is CCCCNc1nc(Cl)nc2cn(Cc3c(OC)cc(Br)cc3OC)nc12. The first-order valence-electron chi connectivity index (χ1n) is 8.60. The highest BCUT2D eigenvalue weighted by Crippen LogP contribution is 2.34. The van der Waals surface area contributed by atoms with Crippen molar-refractivity contribution in [2.75, 3.05) is 26.1 Å². The highest BCUT2D eigenvalue weighted by atomic mass is 79.9. The molecule has 0 aliphatic heterocycles. The number of unbranched alkanes of at least 4 members (excludes halogenated alkanes) is 1. The molecule has 0 bridgehead atoms. The number of anilines is 1. The number of benzene rings is 1. The molecule has 0 radical (unpaired) electrons. The monoisotopic (exact) mass is 453 g/mol. The van der Waals surface area contributed by atoms with Crippen LogP contribution in [0.4, 0.5) is 5.82 Å². The summed E-state index contributed by atoms with van der Waals surface area (Å²) >= 11 is 9.54. The fraction of sp³-hybridized carbons (Fsp3) is 0.389. The number of aromatic nitrogens is 4. The Morgan fingerprint density at radius 1 is 1.19 bits per heavy atom. The van der Waals surface area contributed by atoms with Crippen LogP contribution in [0.1, 0.15) is 25.3 Å². The molecule has 0 unspecified atom stereocenters. The third-order valence-electron chi connectivity index (χ3n) is 4.10. The summed E-state index contributed by atoms with van der Waals surface area (Å²) < 4.78 is 13.7. The van der Waals surface area contributed by atoms with E-state index in [0.717, 1.165) is 29.4 Å². The van der Waals surface area contributed by atoms with E-state index >= 15 is 0 Å². The zero-order valence-electron chi connectivity index (χ0n) is 15.4. The van der Waals surface area contributed by atoms with Gasteiger partial charge in [-0.25, -0.2) is 4.98 Å². The number of halogens is 2. The van der Waals surface area contributed by atoms with Crippen molar-refractivity contribution in [2.45, 2.75) is 26.3 Å². The van der Waals surface area contributed by atoms with Crippen LogP contribution in [0, 0.1) is 0 Å². The molecule has 9 heteroatoms. The van der Waals surface area contributed by atoms with Crippen molar-refractivity contribution in [1.29, 1.82) is 0 Å². The van der Waals surface area contributed by atoms with Crippen LogP contribution >= 0.6 is 27.5 Å². The fourth-order valence-corrected chi connectivity index (χ4v) is 3.38. The lowest BCUT2D eigenvalue weighted by molar-refractivity contribution is 0.381. The first-order chi connectivity index (χ1) is 13.0. The van der Waals surface area contributed by atoms with Gasteiger partial charge >= 0.3 is 0 Å². The second-order valence-corrected chi connectivity index (χ2v) is 7.22. The topological polar surface area (TPSA) is 74.1 Å². The Bertz CT molecular complexity index is 922. The molecular weight excluding hydrogens is 434 g/mol. The van der Waals surface area contributed by atoms with Gasteiger partial charge in [0.2, 0.25) is 5.28 Å². The molecule has 0 atom stereocenters.